The van der Waals surface area contributed by atoms with Gasteiger partial charge in [-0.1, -0.05) is 13.8 Å². The second-order valence-electron chi connectivity index (χ2n) is 5.15. The van der Waals surface area contributed by atoms with Crippen LogP contribution in [-0.2, 0) is 4.79 Å². The van der Waals surface area contributed by atoms with Gasteiger partial charge in [-0.3, -0.25) is 9.69 Å². The summed E-state index contributed by atoms with van der Waals surface area (Å²) in [6, 6.07) is 4.38. The molecule has 2 atom stereocenters. The number of amides is 1. The van der Waals surface area contributed by atoms with E-state index in [1.165, 1.54) is 18.2 Å². The monoisotopic (exact) mass is 374 g/mol. The van der Waals surface area contributed by atoms with E-state index in [9.17, 15) is 9.18 Å². The fraction of sp³-hybridized carbons (Fsp3) is 0.562. The van der Waals surface area contributed by atoms with Crippen LogP contribution in [-0.4, -0.2) is 42.6 Å². The minimum Gasteiger partial charge on any atom is -0.480 e. The highest BCUT2D eigenvalue weighted by Gasteiger charge is 2.18. The van der Waals surface area contributed by atoms with Crippen molar-refractivity contribution in [1.29, 1.82) is 0 Å². The molecule has 0 saturated heterocycles. The number of halogens is 2. The molecule has 4 nitrogen and oxygen atoms in total. The van der Waals surface area contributed by atoms with Crippen molar-refractivity contribution in [3.05, 3.63) is 28.5 Å². The molecule has 0 aromatic heterocycles. The van der Waals surface area contributed by atoms with E-state index in [4.69, 9.17) is 4.74 Å². The van der Waals surface area contributed by atoms with E-state index in [-0.39, 0.29) is 17.8 Å². The smallest absolute Gasteiger partial charge is 0.260 e. The molecule has 0 aliphatic heterocycles. The van der Waals surface area contributed by atoms with Gasteiger partial charge in [-0.25, -0.2) is 4.39 Å². The highest BCUT2D eigenvalue weighted by atomic mass is 79.9. The van der Waals surface area contributed by atoms with Crippen LogP contribution in [0.15, 0.2) is 22.7 Å². The molecule has 0 spiro atoms. The van der Waals surface area contributed by atoms with E-state index in [1.807, 2.05) is 0 Å². The van der Waals surface area contributed by atoms with Gasteiger partial charge in [-0.05, 0) is 61.1 Å². The minimum absolute atomic E-state index is 0.185. The first kappa shape index (κ1) is 18.9. The van der Waals surface area contributed by atoms with Gasteiger partial charge < -0.3 is 10.1 Å². The van der Waals surface area contributed by atoms with Gasteiger partial charge in [0, 0.05) is 12.6 Å². The van der Waals surface area contributed by atoms with Crippen molar-refractivity contribution in [1.82, 2.24) is 10.2 Å². The zero-order chi connectivity index (χ0) is 16.7. The third kappa shape index (κ3) is 5.57. The van der Waals surface area contributed by atoms with Crippen LogP contribution in [0.25, 0.3) is 0 Å². The molecule has 1 rings (SSSR count). The maximum absolute atomic E-state index is 13.0. The highest BCUT2D eigenvalue weighted by Crippen LogP contribution is 2.26. The molecule has 124 valence electrons. The van der Waals surface area contributed by atoms with Crippen molar-refractivity contribution in [3.8, 4) is 5.75 Å². The molecule has 0 fully saturated rings. The third-order valence-corrected chi connectivity index (χ3v) is 4.19. The molecule has 0 aliphatic carbocycles. The molecule has 6 heteroatoms. The van der Waals surface area contributed by atoms with Gasteiger partial charge in [0.15, 0.2) is 6.10 Å². The molecule has 22 heavy (non-hydrogen) atoms. The Balaban J connectivity index is 2.51. The number of hydrogen-bond acceptors (Lipinski definition) is 3. The van der Waals surface area contributed by atoms with E-state index in [1.54, 1.807) is 6.92 Å². The second-order valence-corrected chi connectivity index (χ2v) is 6.00. The molecule has 2 unspecified atom stereocenters. The Morgan fingerprint density at radius 3 is 2.55 bits per heavy atom. The molecule has 0 heterocycles. The summed E-state index contributed by atoms with van der Waals surface area (Å²) in [7, 11) is 0. The van der Waals surface area contributed by atoms with Gasteiger partial charge in [0.1, 0.15) is 11.6 Å². The Bertz CT molecular complexity index is 495. The number of nitrogens with one attached hydrogen (secondary N) is 1. The number of likely N-dealkylation sites (N-methyl/N-ethyl adjacent to an activating group) is 1. The van der Waals surface area contributed by atoms with E-state index in [0.717, 1.165) is 13.1 Å². The summed E-state index contributed by atoms with van der Waals surface area (Å²) in [4.78, 5) is 14.4. The van der Waals surface area contributed by atoms with Gasteiger partial charge in [-0.2, -0.15) is 0 Å². The lowest BCUT2D eigenvalue weighted by Crippen LogP contribution is -2.45. The van der Waals surface area contributed by atoms with Crippen LogP contribution in [0.3, 0.4) is 0 Å². The maximum atomic E-state index is 13.0. The van der Waals surface area contributed by atoms with Crippen LogP contribution in [0.2, 0.25) is 0 Å². The summed E-state index contributed by atoms with van der Waals surface area (Å²) in [5.41, 5.74) is 0. The highest BCUT2D eigenvalue weighted by molar-refractivity contribution is 9.10. The minimum atomic E-state index is -0.648. The summed E-state index contributed by atoms with van der Waals surface area (Å²) in [5.74, 6) is -0.0968. The molecular weight excluding hydrogens is 351 g/mol. The van der Waals surface area contributed by atoms with Crippen LogP contribution < -0.4 is 10.1 Å². The fourth-order valence-electron chi connectivity index (χ4n) is 2.18. The van der Waals surface area contributed by atoms with Crippen molar-refractivity contribution in [2.24, 2.45) is 0 Å². The zero-order valence-corrected chi connectivity index (χ0v) is 15.1. The van der Waals surface area contributed by atoms with Gasteiger partial charge in [0.25, 0.3) is 5.91 Å². The number of carbonyl (C=O) groups excluding carboxylic acids is 1. The second kappa shape index (κ2) is 9.10. The lowest BCUT2D eigenvalue weighted by molar-refractivity contribution is -0.127. The SMILES string of the molecule is CCN(CC)C(C)CNC(=O)C(C)Oc1ccc(F)cc1Br. The van der Waals surface area contributed by atoms with Gasteiger partial charge in [0.2, 0.25) is 0 Å². The van der Waals surface area contributed by atoms with E-state index >= 15 is 0 Å². The largest absolute Gasteiger partial charge is 0.480 e. The predicted molar refractivity (Wildman–Crippen MR) is 89.6 cm³/mol. The summed E-state index contributed by atoms with van der Waals surface area (Å²) in [5, 5.41) is 2.89. The predicted octanol–water partition coefficient (Wildman–Crippen LogP) is 3.20. The van der Waals surface area contributed by atoms with Crippen molar-refractivity contribution >= 4 is 21.8 Å². The van der Waals surface area contributed by atoms with Crippen LogP contribution in [0.1, 0.15) is 27.7 Å². The Kier molecular flexibility index (Phi) is 7.82. The first-order chi connectivity index (χ1) is 10.4. The summed E-state index contributed by atoms with van der Waals surface area (Å²) in [6.07, 6.45) is -0.648. The maximum Gasteiger partial charge on any atom is 0.260 e. The van der Waals surface area contributed by atoms with Crippen LogP contribution in [0.4, 0.5) is 4.39 Å². The number of hydrogen-bond donors (Lipinski definition) is 1. The van der Waals surface area contributed by atoms with E-state index in [0.29, 0.717) is 16.8 Å². The fourth-order valence-corrected chi connectivity index (χ4v) is 2.63. The lowest BCUT2D eigenvalue weighted by atomic mass is 10.2. The summed E-state index contributed by atoms with van der Waals surface area (Å²) >= 11 is 3.22. The molecule has 0 bridgehead atoms. The summed E-state index contributed by atoms with van der Waals surface area (Å²) < 4.78 is 19.1. The van der Waals surface area contributed by atoms with Crippen LogP contribution >= 0.6 is 15.9 Å². The Hall–Kier alpha value is -1.14. The van der Waals surface area contributed by atoms with Gasteiger partial charge in [-0.15, -0.1) is 0 Å². The molecule has 1 N–H and O–H groups in total. The van der Waals surface area contributed by atoms with Gasteiger partial charge in [0.05, 0.1) is 4.47 Å². The molecule has 0 saturated carbocycles. The molecule has 1 aromatic carbocycles. The molecule has 1 amide bonds. The standard InChI is InChI=1S/C16H24BrFN2O2/c1-5-20(6-2)11(3)10-19-16(21)12(4)22-15-8-7-13(18)9-14(15)17/h7-9,11-12H,5-6,10H2,1-4H3,(H,19,21). The van der Waals surface area contributed by atoms with Crippen molar-refractivity contribution in [2.45, 2.75) is 39.8 Å². The van der Waals surface area contributed by atoms with Crippen molar-refractivity contribution in [2.75, 3.05) is 19.6 Å². The van der Waals surface area contributed by atoms with Crippen LogP contribution in [0.5, 0.6) is 5.75 Å². The normalized spacial score (nSPS) is 13.8. The average molecular weight is 375 g/mol. The van der Waals surface area contributed by atoms with Crippen LogP contribution in [0, 0.1) is 5.82 Å². The Morgan fingerprint density at radius 1 is 1.36 bits per heavy atom. The zero-order valence-electron chi connectivity index (χ0n) is 13.5. The number of benzene rings is 1. The Morgan fingerprint density at radius 2 is 2.00 bits per heavy atom. The Labute approximate surface area is 140 Å². The first-order valence-electron chi connectivity index (χ1n) is 7.52. The summed E-state index contributed by atoms with van der Waals surface area (Å²) in [6.45, 7) is 10.4. The number of ether oxygens (including phenoxy) is 1. The first-order valence-corrected chi connectivity index (χ1v) is 8.31. The van der Waals surface area contributed by atoms with Gasteiger partial charge >= 0.3 is 0 Å². The molecule has 0 aliphatic rings. The number of nitrogens with zero attached hydrogens (tertiary/aromatic N) is 1. The number of rotatable bonds is 8. The van der Waals surface area contributed by atoms with Crippen molar-refractivity contribution < 1.29 is 13.9 Å². The average Bonchev–Trinajstić information content (AvgIpc) is 2.48. The molecule has 1 aromatic rings. The quantitative estimate of drug-likeness (QED) is 0.759. The topological polar surface area (TPSA) is 41.6 Å². The van der Waals surface area contributed by atoms with E-state index in [2.05, 4.69) is 46.9 Å². The molecule has 0 radical (unpaired) electrons. The lowest BCUT2D eigenvalue weighted by Gasteiger charge is -2.27. The third-order valence-electron chi connectivity index (χ3n) is 3.57. The molecular formula is C16H24BrFN2O2. The van der Waals surface area contributed by atoms with E-state index < -0.39 is 6.10 Å². The van der Waals surface area contributed by atoms with Crippen molar-refractivity contribution in [3.63, 3.8) is 0 Å². The number of carbonyl (C=O) groups is 1.